The van der Waals surface area contributed by atoms with Crippen LogP contribution in [0.1, 0.15) is 65.2 Å². The van der Waals surface area contributed by atoms with Crippen LogP contribution in [0.2, 0.25) is 0 Å². The molecule has 0 saturated carbocycles. The molecule has 1 nitrogen and oxygen atoms in total. The molecule has 1 heterocycles. The molecule has 0 spiro atoms. The molecule has 1 aliphatic heterocycles. The quantitative estimate of drug-likeness (QED) is 0.640. The lowest BCUT2D eigenvalue weighted by Gasteiger charge is -2.29. The van der Waals surface area contributed by atoms with Crippen molar-refractivity contribution in [3.8, 4) is 0 Å². The summed E-state index contributed by atoms with van der Waals surface area (Å²) in [6.45, 7) is 5.96. The Morgan fingerprint density at radius 3 is 2.71 bits per heavy atom. The minimum absolute atomic E-state index is 0.824. The van der Waals surface area contributed by atoms with Gasteiger partial charge in [-0.25, -0.2) is 0 Å². The minimum atomic E-state index is 0.824. The van der Waals surface area contributed by atoms with Crippen molar-refractivity contribution in [2.45, 2.75) is 71.3 Å². The number of unbranched alkanes of at least 4 members (excludes halogenated alkanes) is 3. The molecule has 0 aromatic carbocycles. The molecule has 0 aromatic rings. The summed E-state index contributed by atoms with van der Waals surface area (Å²) in [7, 11) is 0. The Balaban J connectivity index is 2.04. The SMILES string of the molecule is CCCCCCC(C)C1CCCCN1. The molecule has 1 fully saturated rings. The Bertz CT molecular complexity index is 127. The van der Waals surface area contributed by atoms with E-state index in [0.29, 0.717) is 0 Å². The lowest BCUT2D eigenvalue weighted by Crippen LogP contribution is -2.38. The van der Waals surface area contributed by atoms with E-state index in [9.17, 15) is 0 Å². The second-order valence-electron chi connectivity index (χ2n) is 4.88. The summed E-state index contributed by atoms with van der Waals surface area (Å²) in [5.74, 6) is 0.896. The molecule has 0 aromatic heterocycles. The second kappa shape index (κ2) is 7.28. The van der Waals surface area contributed by atoms with Gasteiger partial charge in [0.1, 0.15) is 0 Å². The maximum Gasteiger partial charge on any atom is 0.00926 e. The first-order valence-corrected chi connectivity index (χ1v) is 6.58. The summed E-state index contributed by atoms with van der Waals surface area (Å²) in [6, 6.07) is 0.824. The number of hydrogen-bond donors (Lipinski definition) is 1. The molecule has 0 bridgehead atoms. The van der Waals surface area contributed by atoms with Crippen LogP contribution < -0.4 is 5.32 Å². The van der Waals surface area contributed by atoms with Crippen LogP contribution in [0.15, 0.2) is 0 Å². The molecule has 1 saturated heterocycles. The zero-order valence-electron chi connectivity index (χ0n) is 10.0. The van der Waals surface area contributed by atoms with E-state index in [-0.39, 0.29) is 0 Å². The van der Waals surface area contributed by atoms with Gasteiger partial charge in [-0.15, -0.1) is 0 Å². The van der Waals surface area contributed by atoms with Crippen molar-refractivity contribution in [3.63, 3.8) is 0 Å². The zero-order valence-corrected chi connectivity index (χ0v) is 10.0. The molecule has 14 heavy (non-hydrogen) atoms. The Morgan fingerprint density at radius 2 is 2.07 bits per heavy atom. The van der Waals surface area contributed by atoms with Crippen LogP contribution in [0.3, 0.4) is 0 Å². The van der Waals surface area contributed by atoms with Crippen LogP contribution >= 0.6 is 0 Å². The fraction of sp³-hybridized carbons (Fsp3) is 1.00. The molecule has 1 N–H and O–H groups in total. The van der Waals surface area contributed by atoms with Crippen molar-refractivity contribution >= 4 is 0 Å². The Labute approximate surface area is 89.7 Å². The molecule has 0 radical (unpaired) electrons. The highest BCUT2D eigenvalue weighted by atomic mass is 14.9. The van der Waals surface area contributed by atoms with Gasteiger partial charge in [0.05, 0.1) is 0 Å². The van der Waals surface area contributed by atoms with Gasteiger partial charge in [0.2, 0.25) is 0 Å². The molecule has 2 atom stereocenters. The third-order valence-corrected chi connectivity index (χ3v) is 3.55. The Kier molecular flexibility index (Phi) is 6.25. The summed E-state index contributed by atoms with van der Waals surface area (Å²) in [6.07, 6.45) is 11.3. The fourth-order valence-electron chi connectivity index (χ4n) is 2.46. The molecule has 2 unspecified atom stereocenters. The van der Waals surface area contributed by atoms with Crippen molar-refractivity contribution in [1.29, 1.82) is 0 Å². The van der Waals surface area contributed by atoms with Crippen molar-refractivity contribution < 1.29 is 0 Å². The molecule has 0 aliphatic carbocycles. The molecule has 0 amide bonds. The van der Waals surface area contributed by atoms with Gasteiger partial charge in [0, 0.05) is 6.04 Å². The largest absolute Gasteiger partial charge is 0.314 e. The van der Waals surface area contributed by atoms with Gasteiger partial charge >= 0.3 is 0 Å². The average molecular weight is 197 g/mol. The van der Waals surface area contributed by atoms with Gasteiger partial charge in [0.15, 0.2) is 0 Å². The lowest BCUT2D eigenvalue weighted by atomic mass is 9.89. The third kappa shape index (κ3) is 4.45. The fourth-order valence-corrected chi connectivity index (χ4v) is 2.46. The van der Waals surface area contributed by atoms with Gasteiger partial charge in [-0.2, -0.15) is 0 Å². The Hall–Kier alpha value is -0.0400. The molecular formula is C13H27N. The summed E-state index contributed by atoms with van der Waals surface area (Å²) in [5.41, 5.74) is 0. The highest BCUT2D eigenvalue weighted by Crippen LogP contribution is 2.20. The standard InChI is InChI=1S/C13H27N/c1-3-4-5-6-9-12(2)13-10-7-8-11-14-13/h12-14H,3-11H2,1-2H3. The van der Waals surface area contributed by atoms with Crippen LogP contribution in [-0.4, -0.2) is 12.6 Å². The van der Waals surface area contributed by atoms with Crippen LogP contribution in [0.25, 0.3) is 0 Å². The topological polar surface area (TPSA) is 12.0 Å². The average Bonchev–Trinajstić information content (AvgIpc) is 2.25. The maximum atomic E-state index is 3.66. The molecular weight excluding hydrogens is 170 g/mol. The van der Waals surface area contributed by atoms with Crippen LogP contribution in [-0.2, 0) is 0 Å². The third-order valence-electron chi connectivity index (χ3n) is 3.55. The van der Waals surface area contributed by atoms with Crippen molar-refractivity contribution in [2.24, 2.45) is 5.92 Å². The summed E-state index contributed by atoms with van der Waals surface area (Å²) >= 11 is 0. The van der Waals surface area contributed by atoms with Crippen LogP contribution in [0.5, 0.6) is 0 Å². The summed E-state index contributed by atoms with van der Waals surface area (Å²) < 4.78 is 0. The van der Waals surface area contributed by atoms with E-state index >= 15 is 0 Å². The normalized spacial score (nSPS) is 24.9. The van der Waals surface area contributed by atoms with E-state index in [1.807, 2.05) is 0 Å². The highest BCUT2D eigenvalue weighted by molar-refractivity contribution is 4.77. The van der Waals surface area contributed by atoms with Crippen molar-refractivity contribution in [3.05, 3.63) is 0 Å². The van der Waals surface area contributed by atoms with E-state index in [0.717, 1.165) is 12.0 Å². The maximum absolute atomic E-state index is 3.66. The minimum Gasteiger partial charge on any atom is -0.314 e. The van der Waals surface area contributed by atoms with Crippen molar-refractivity contribution in [2.75, 3.05) is 6.54 Å². The van der Waals surface area contributed by atoms with E-state index in [4.69, 9.17) is 0 Å². The Morgan fingerprint density at radius 1 is 1.21 bits per heavy atom. The predicted molar refractivity (Wildman–Crippen MR) is 63.6 cm³/mol. The first-order valence-electron chi connectivity index (χ1n) is 6.58. The molecule has 1 aliphatic rings. The highest BCUT2D eigenvalue weighted by Gasteiger charge is 2.18. The van der Waals surface area contributed by atoms with Gasteiger partial charge in [-0.3, -0.25) is 0 Å². The van der Waals surface area contributed by atoms with Crippen LogP contribution in [0.4, 0.5) is 0 Å². The first kappa shape index (κ1) is 12.0. The van der Waals surface area contributed by atoms with E-state index in [1.54, 1.807) is 0 Å². The predicted octanol–water partition coefficient (Wildman–Crippen LogP) is 3.74. The molecule has 1 heteroatoms. The van der Waals surface area contributed by atoms with Gasteiger partial charge in [-0.05, 0) is 31.7 Å². The van der Waals surface area contributed by atoms with E-state index in [2.05, 4.69) is 19.2 Å². The summed E-state index contributed by atoms with van der Waals surface area (Å²) in [4.78, 5) is 0. The lowest BCUT2D eigenvalue weighted by molar-refractivity contribution is 0.292. The van der Waals surface area contributed by atoms with Gasteiger partial charge in [0.25, 0.3) is 0 Å². The number of hydrogen-bond acceptors (Lipinski definition) is 1. The first-order chi connectivity index (χ1) is 6.84. The molecule has 84 valence electrons. The van der Waals surface area contributed by atoms with Crippen LogP contribution in [0, 0.1) is 5.92 Å². The van der Waals surface area contributed by atoms with Gasteiger partial charge in [-0.1, -0.05) is 46.0 Å². The number of rotatable bonds is 6. The summed E-state index contributed by atoms with van der Waals surface area (Å²) in [5, 5.41) is 3.66. The van der Waals surface area contributed by atoms with Gasteiger partial charge < -0.3 is 5.32 Å². The smallest absolute Gasteiger partial charge is 0.00926 e. The van der Waals surface area contributed by atoms with E-state index in [1.165, 1.54) is 57.9 Å². The van der Waals surface area contributed by atoms with Crippen molar-refractivity contribution in [1.82, 2.24) is 5.32 Å². The monoisotopic (exact) mass is 197 g/mol. The number of nitrogens with one attached hydrogen (secondary N) is 1. The molecule has 1 rings (SSSR count). The second-order valence-corrected chi connectivity index (χ2v) is 4.88. The van der Waals surface area contributed by atoms with E-state index < -0.39 is 0 Å². The zero-order chi connectivity index (χ0) is 10.2. The number of piperidine rings is 1.